The van der Waals surface area contributed by atoms with Crippen LogP contribution in [0, 0.1) is 0 Å². The van der Waals surface area contributed by atoms with Crippen molar-refractivity contribution in [2.75, 3.05) is 6.61 Å². The molecule has 2 atom stereocenters. The van der Waals surface area contributed by atoms with Gasteiger partial charge in [-0.3, -0.25) is 4.79 Å². The van der Waals surface area contributed by atoms with Crippen LogP contribution in [0.5, 0.6) is 5.75 Å². The molecule has 3 N–H and O–H groups in total. The number of fused-ring (bicyclic) bond motifs is 1. The van der Waals surface area contributed by atoms with Gasteiger partial charge in [0.2, 0.25) is 0 Å². The van der Waals surface area contributed by atoms with Crippen molar-refractivity contribution in [1.82, 2.24) is 19.9 Å². The van der Waals surface area contributed by atoms with Crippen LogP contribution in [0.25, 0.3) is 16.8 Å². The van der Waals surface area contributed by atoms with E-state index < -0.39 is 36.9 Å². The van der Waals surface area contributed by atoms with Crippen LogP contribution in [-0.4, -0.2) is 51.5 Å². The lowest BCUT2D eigenvalue weighted by Crippen LogP contribution is -2.59. The molecule has 0 bridgehead atoms. The summed E-state index contributed by atoms with van der Waals surface area (Å²) < 4.78 is 59.7. The predicted octanol–water partition coefficient (Wildman–Crippen LogP) is 3.91. The molecule has 0 aliphatic heterocycles. The van der Waals surface area contributed by atoms with Gasteiger partial charge in [0.05, 0.1) is 23.5 Å². The fraction of sp³-hybridized carbons (Fsp3) is 0.476. The summed E-state index contributed by atoms with van der Waals surface area (Å²) in [6.45, 7) is 1.16. The molecule has 3 aromatic heterocycles. The lowest BCUT2D eigenvalue weighted by molar-refractivity contribution is -0.0674. The number of nitrogens with one attached hydrogen (secondary N) is 1. The van der Waals surface area contributed by atoms with Gasteiger partial charge in [-0.25, -0.2) is 27.1 Å². The summed E-state index contributed by atoms with van der Waals surface area (Å²) in [7, 11) is 0. The molecule has 0 unspecified atom stereocenters. The van der Waals surface area contributed by atoms with Gasteiger partial charge in [-0.2, -0.15) is 5.10 Å². The fourth-order valence-electron chi connectivity index (χ4n) is 3.95. The number of nitrogens with zero attached hydrogens (tertiary/aromatic N) is 3. The molecule has 33 heavy (non-hydrogen) atoms. The van der Waals surface area contributed by atoms with Crippen molar-refractivity contribution < 1.29 is 27.1 Å². The van der Waals surface area contributed by atoms with Crippen molar-refractivity contribution in [3.05, 3.63) is 34.4 Å². The number of aryl methyl sites for hydroxylation is 1. The lowest BCUT2D eigenvalue weighted by atomic mass is 9.87. The van der Waals surface area contributed by atoms with Crippen LogP contribution in [-0.2, 0) is 6.42 Å². The van der Waals surface area contributed by atoms with Gasteiger partial charge in [-0.15, -0.1) is 11.3 Å². The number of amides is 1. The predicted molar refractivity (Wildman–Crippen MR) is 115 cm³/mol. The van der Waals surface area contributed by atoms with Gasteiger partial charge >= 0.3 is 0 Å². The molecule has 7 nitrogen and oxygen atoms in total. The Bertz CT molecular complexity index is 1150. The smallest absolute Gasteiger partial charge is 0.272 e. The minimum atomic E-state index is -3.06. The third-order valence-corrected chi connectivity index (χ3v) is 6.85. The average Bonchev–Trinajstić information content (AvgIpc) is 3.38. The Morgan fingerprint density at radius 3 is 2.88 bits per heavy atom. The van der Waals surface area contributed by atoms with Gasteiger partial charge in [0, 0.05) is 28.5 Å². The van der Waals surface area contributed by atoms with Crippen LogP contribution in [0.4, 0.5) is 17.6 Å². The van der Waals surface area contributed by atoms with E-state index in [4.69, 9.17) is 10.5 Å². The Morgan fingerprint density at radius 2 is 2.18 bits per heavy atom. The van der Waals surface area contributed by atoms with Crippen LogP contribution in [0.1, 0.15) is 40.7 Å². The minimum Gasteiger partial charge on any atom is -0.484 e. The Morgan fingerprint density at radius 1 is 1.39 bits per heavy atom. The summed E-state index contributed by atoms with van der Waals surface area (Å²) in [6.07, 6.45) is 2.73. The van der Waals surface area contributed by atoms with Crippen LogP contribution in [0.2, 0.25) is 0 Å². The zero-order valence-electron chi connectivity index (χ0n) is 17.7. The zero-order valence-corrected chi connectivity index (χ0v) is 18.5. The Kier molecular flexibility index (Phi) is 6.57. The maximum absolute atomic E-state index is 14.3. The number of ether oxygens (including phenoxy) is 1. The summed E-state index contributed by atoms with van der Waals surface area (Å²) in [5.41, 5.74) is 7.65. The molecule has 4 rings (SSSR count). The van der Waals surface area contributed by atoms with E-state index >= 15 is 0 Å². The first kappa shape index (κ1) is 23.4. The lowest BCUT2D eigenvalue weighted by Gasteiger charge is -2.36. The van der Waals surface area contributed by atoms with Crippen LogP contribution in [0.3, 0.4) is 0 Å². The molecule has 0 radical (unpaired) electrons. The van der Waals surface area contributed by atoms with Crippen LogP contribution < -0.4 is 15.8 Å². The van der Waals surface area contributed by atoms with Gasteiger partial charge in [-0.1, -0.05) is 6.92 Å². The van der Waals surface area contributed by atoms with Crippen LogP contribution in [0.15, 0.2) is 24.7 Å². The topological polar surface area (TPSA) is 94.5 Å². The second kappa shape index (κ2) is 9.26. The van der Waals surface area contributed by atoms with E-state index in [0.717, 1.165) is 4.88 Å². The quantitative estimate of drug-likeness (QED) is 0.495. The monoisotopic (exact) mass is 485 g/mol. The van der Waals surface area contributed by atoms with Crippen molar-refractivity contribution in [2.45, 2.75) is 57.0 Å². The van der Waals surface area contributed by atoms with E-state index in [1.165, 1.54) is 28.2 Å². The number of rotatable bonds is 7. The molecule has 12 heteroatoms. The zero-order chi connectivity index (χ0) is 23.8. The standard InChI is InChI=1S/C21H23F4N5O2S/c1-2-15-12(13-8-28-30-9-11(7-27-19(13)30)32-10-17(22)23)6-16(33-15)20(31)29-18-14(26)4-3-5-21(18,24)25/h6-9,14,17-18H,2-5,10,26H2,1H3,(H,29,31)/t14-,18+/m0/s1. The third kappa shape index (κ3) is 4.81. The number of hydrogen-bond acceptors (Lipinski definition) is 6. The number of carbonyl (C=O) groups is 1. The minimum absolute atomic E-state index is 0.142. The molecule has 3 aromatic rings. The van der Waals surface area contributed by atoms with Crippen molar-refractivity contribution in [3.8, 4) is 16.9 Å². The molecule has 0 aromatic carbocycles. The largest absolute Gasteiger partial charge is 0.484 e. The fourth-order valence-corrected chi connectivity index (χ4v) is 4.96. The van der Waals surface area contributed by atoms with E-state index in [-0.39, 0.29) is 17.0 Å². The van der Waals surface area contributed by atoms with Gasteiger partial charge < -0.3 is 15.8 Å². The number of aromatic nitrogens is 3. The number of carbonyl (C=O) groups excluding carboxylic acids is 1. The molecule has 1 amide bonds. The second-order valence-corrected chi connectivity index (χ2v) is 9.02. The van der Waals surface area contributed by atoms with E-state index in [1.807, 2.05) is 6.92 Å². The first-order valence-electron chi connectivity index (χ1n) is 10.5. The molecule has 0 spiro atoms. The number of thiophene rings is 1. The summed E-state index contributed by atoms with van der Waals surface area (Å²) in [6, 6.07) is -0.599. The van der Waals surface area contributed by atoms with Crippen molar-refractivity contribution in [3.63, 3.8) is 0 Å². The SMILES string of the molecule is CCc1sc(C(=O)N[C@@H]2[C@@H](N)CCCC2(F)F)cc1-c1cnn2cc(OCC(F)F)cnc12. The summed E-state index contributed by atoms with van der Waals surface area (Å²) >= 11 is 1.21. The highest BCUT2D eigenvalue weighted by Gasteiger charge is 2.46. The second-order valence-electron chi connectivity index (χ2n) is 7.89. The normalized spacial score (nSPS) is 20.3. The first-order chi connectivity index (χ1) is 15.7. The number of nitrogens with two attached hydrogens (primary N) is 1. The third-order valence-electron chi connectivity index (χ3n) is 5.57. The highest BCUT2D eigenvalue weighted by atomic mass is 32.1. The van der Waals surface area contributed by atoms with Gasteiger partial charge in [0.15, 0.2) is 11.4 Å². The first-order valence-corrected chi connectivity index (χ1v) is 11.3. The highest BCUT2D eigenvalue weighted by molar-refractivity contribution is 7.14. The number of hydrogen-bond donors (Lipinski definition) is 2. The van der Waals surface area contributed by atoms with Crippen molar-refractivity contribution in [2.24, 2.45) is 5.73 Å². The molecule has 3 heterocycles. The Balaban J connectivity index is 1.60. The van der Waals surface area contributed by atoms with E-state index in [9.17, 15) is 22.4 Å². The van der Waals surface area contributed by atoms with E-state index in [1.54, 1.807) is 12.3 Å². The van der Waals surface area contributed by atoms with Crippen molar-refractivity contribution in [1.29, 1.82) is 0 Å². The molecule has 178 valence electrons. The molecule has 0 saturated heterocycles. The van der Waals surface area contributed by atoms with Gasteiger partial charge in [-0.05, 0) is 25.3 Å². The Labute approximate surface area is 190 Å². The summed E-state index contributed by atoms with van der Waals surface area (Å²) in [4.78, 5) is 18.2. The average molecular weight is 486 g/mol. The maximum atomic E-state index is 14.3. The van der Waals surface area contributed by atoms with E-state index in [2.05, 4.69) is 15.4 Å². The maximum Gasteiger partial charge on any atom is 0.272 e. The molecule has 1 fully saturated rings. The highest BCUT2D eigenvalue weighted by Crippen LogP contribution is 2.36. The number of halogens is 4. The molecule has 1 aliphatic rings. The van der Waals surface area contributed by atoms with Gasteiger partial charge in [0.25, 0.3) is 18.3 Å². The molecule has 1 aliphatic carbocycles. The number of alkyl halides is 4. The van der Waals surface area contributed by atoms with Gasteiger partial charge in [0.1, 0.15) is 12.6 Å². The summed E-state index contributed by atoms with van der Waals surface area (Å²) in [5.74, 6) is -3.52. The Hall–Kier alpha value is -2.73. The summed E-state index contributed by atoms with van der Waals surface area (Å²) in [5, 5.41) is 6.65. The molecular formula is C21H23F4N5O2S. The van der Waals surface area contributed by atoms with E-state index in [0.29, 0.717) is 36.0 Å². The molecular weight excluding hydrogens is 462 g/mol. The molecule has 1 saturated carbocycles. The van der Waals surface area contributed by atoms with Crippen molar-refractivity contribution >= 4 is 22.9 Å². The van der Waals surface area contributed by atoms with Crippen LogP contribution >= 0.6 is 11.3 Å².